The van der Waals surface area contributed by atoms with Gasteiger partial charge < -0.3 is 15.3 Å². The zero-order valence-corrected chi connectivity index (χ0v) is 12.7. The molecule has 0 saturated carbocycles. The molecule has 5 nitrogen and oxygen atoms in total. The van der Waals surface area contributed by atoms with Gasteiger partial charge in [-0.25, -0.2) is 9.78 Å². The number of nitrogens with one attached hydrogen (secondary N) is 1. The fraction of sp³-hybridized carbons (Fsp3) is 0.176. The average molecular weight is 297 g/mol. The number of carboxylic acid groups (broad SMARTS) is 1. The van der Waals surface area contributed by atoms with Crippen LogP contribution < -0.4 is 10.2 Å². The molecule has 2 rings (SSSR count). The van der Waals surface area contributed by atoms with Crippen LogP contribution in [0.3, 0.4) is 0 Å². The SMILES string of the molecule is CN(C)c1ccc(C=Cc2ccc(CNC(=O)O)cc2)cn1. The molecule has 1 aromatic heterocycles. The normalized spacial score (nSPS) is 10.6. The summed E-state index contributed by atoms with van der Waals surface area (Å²) in [6.07, 6.45) is 4.81. The lowest BCUT2D eigenvalue weighted by atomic mass is 10.1. The number of aromatic nitrogens is 1. The minimum absolute atomic E-state index is 0.315. The summed E-state index contributed by atoms with van der Waals surface area (Å²) in [6.45, 7) is 0.315. The molecule has 1 amide bonds. The van der Waals surface area contributed by atoms with Crippen LogP contribution in [0.15, 0.2) is 42.6 Å². The molecule has 0 radical (unpaired) electrons. The van der Waals surface area contributed by atoms with Gasteiger partial charge in [-0.3, -0.25) is 0 Å². The third-order valence-corrected chi connectivity index (χ3v) is 3.12. The number of carbonyl (C=O) groups is 1. The summed E-state index contributed by atoms with van der Waals surface area (Å²) in [5.74, 6) is 0.924. The molecule has 2 N–H and O–H groups in total. The van der Waals surface area contributed by atoms with Crippen molar-refractivity contribution in [3.05, 3.63) is 59.3 Å². The van der Waals surface area contributed by atoms with Crippen LogP contribution >= 0.6 is 0 Å². The van der Waals surface area contributed by atoms with Crippen molar-refractivity contribution in [2.75, 3.05) is 19.0 Å². The lowest BCUT2D eigenvalue weighted by Gasteiger charge is -2.10. The number of anilines is 1. The molecule has 22 heavy (non-hydrogen) atoms. The number of hydrogen-bond donors (Lipinski definition) is 2. The molecule has 0 bridgehead atoms. The van der Waals surface area contributed by atoms with Gasteiger partial charge >= 0.3 is 6.09 Å². The predicted octanol–water partition coefficient (Wildman–Crippen LogP) is 3.09. The van der Waals surface area contributed by atoms with Crippen molar-refractivity contribution < 1.29 is 9.90 Å². The Labute approximate surface area is 129 Å². The van der Waals surface area contributed by atoms with Crippen LogP contribution in [0.4, 0.5) is 10.6 Å². The minimum Gasteiger partial charge on any atom is -0.465 e. The number of rotatable bonds is 5. The van der Waals surface area contributed by atoms with Gasteiger partial charge in [-0.15, -0.1) is 0 Å². The van der Waals surface area contributed by atoms with Crippen LogP contribution in [-0.4, -0.2) is 30.3 Å². The Hall–Kier alpha value is -2.82. The molecule has 1 heterocycles. The Morgan fingerprint density at radius 2 is 1.77 bits per heavy atom. The molecule has 0 aliphatic rings. The maximum atomic E-state index is 10.4. The molecule has 0 aliphatic carbocycles. The summed E-state index contributed by atoms with van der Waals surface area (Å²) in [4.78, 5) is 16.7. The first-order valence-corrected chi connectivity index (χ1v) is 6.92. The first-order valence-electron chi connectivity index (χ1n) is 6.92. The zero-order valence-electron chi connectivity index (χ0n) is 12.7. The van der Waals surface area contributed by atoms with E-state index in [1.165, 1.54) is 0 Å². The lowest BCUT2D eigenvalue weighted by Crippen LogP contribution is -2.19. The number of nitrogens with zero attached hydrogens (tertiary/aromatic N) is 2. The highest BCUT2D eigenvalue weighted by atomic mass is 16.4. The van der Waals surface area contributed by atoms with Gasteiger partial charge in [0, 0.05) is 26.8 Å². The van der Waals surface area contributed by atoms with Crippen molar-refractivity contribution in [1.82, 2.24) is 10.3 Å². The van der Waals surface area contributed by atoms with E-state index in [0.717, 1.165) is 22.5 Å². The van der Waals surface area contributed by atoms with E-state index < -0.39 is 6.09 Å². The molecule has 2 aromatic rings. The molecule has 5 heteroatoms. The monoisotopic (exact) mass is 297 g/mol. The largest absolute Gasteiger partial charge is 0.465 e. The number of benzene rings is 1. The van der Waals surface area contributed by atoms with Crippen LogP contribution in [-0.2, 0) is 6.54 Å². The van der Waals surface area contributed by atoms with Crippen LogP contribution in [0.2, 0.25) is 0 Å². The topological polar surface area (TPSA) is 65.5 Å². The summed E-state index contributed by atoms with van der Waals surface area (Å²) in [7, 11) is 3.91. The highest BCUT2D eigenvalue weighted by Gasteiger charge is 1.97. The van der Waals surface area contributed by atoms with E-state index in [0.29, 0.717) is 6.54 Å². The third-order valence-electron chi connectivity index (χ3n) is 3.12. The maximum absolute atomic E-state index is 10.4. The number of hydrogen-bond acceptors (Lipinski definition) is 3. The molecule has 0 atom stereocenters. The Kier molecular flexibility index (Phi) is 5.14. The minimum atomic E-state index is -1.02. The second-order valence-electron chi connectivity index (χ2n) is 5.08. The Bertz CT molecular complexity index is 647. The second-order valence-corrected chi connectivity index (χ2v) is 5.08. The standard InChI is InChI=1S/C17H19N3O2/c1-20(2)16-10-9-15(11-18-16)8-5-13-3-6-14(7-4-13)12-19-17(21)22/h3-11,19H,12H2,1-2H3,(H,21,22). The van der Waals surface area contributed by atoms with E-state index in [9.17, 15) is 4.79 Å². The zero-order chi connectivity index (χ0) is 15.9. The summed E-state index contributed by atoms with van der Waals surface area (Å²) < 4.78 is 0. The maximum Gasteiger partial charge on any atom is 0.404 e. The van der Waals surface area contributed by atoms with Gasteiger partial charge in [0.2, 0.25) is 0 Å². The van der Waals surface area contributed by atoms with Crippen molar-refractivity contribution in [3.63, 3.8) is 0 Å². The smallest absolute Gasteiger partial charge is 0.404 e. The van der Waals surface area contributed by atoms with Crippen molar-refractivity contribution in [1.29, 1.82) is 0 Å². The predicted molar refractivity (Wildman–Crippen MR) is 88.8 cm³/mol. The fourth-order valence-electron chi connectivity index (χ4n) is 1.88. The number of pyridine rings is 1. The molecular formula is C17H19N3O2. The summed E-state index contributed by atoms with van der Waals surface area (Å²) in [5.41, 5.74) is 3.01. The molecule has 0 unspecified atom stereocenters. The molecule has 1 aromatic carbocycles. The van der Waals surface area contributed by atoms with Crippen LogP contribution in [0, 0.1) is 0 Å². The lowest BCUT2D eigenvalue weighted by molar-refractivity contribution is 0.194. The van der Waals surface area contributed by atoms with Crippen LogP contribution in [0.5, 0.6) is 0 Å². The molecule has 0 fully saturated rings. The van der Waals surface area contributed by atoms with Gasteiger partial charge in [0.25, 0.3) is 0 Å². The average Bonchev–Trinajstić information content (AvgIpc) is 2.52. The van der Waals surface area contributed by atoms with Gasteiger partial charge in [-0.05, 0) is 28.8 Å². The van der Waals surface area contributed by atoms with E-state index in [4.69, 9.17) is 5.11 Å². The molecule has 0 spiro atoms. The first-order chi connectivity index (χ1) is 10.5. The highest BCUT2D eigenvalue weighted by molar-refractivity contribution is 5.69. The second kappa shape index (κ2) is 7.26. The van der Waals surface area contributed by atoms with Gasteiger partial charge in [-0.2, -0.15) is 0 Å². The van der Waals surface area contributed by atoms with Gasteiger partial charge in [-0.1, -0.05) is 36.4 Å². The van der Waals surface area contributed by atoms with Crippen LogP contribution in [0.1, 0.15) is 16.7 Å². The van der Waals surface area contributed by atoms with E-state index in [-0.39, 0.29) is 0 Å². The van der Waals surface area contributed by atoms with E-state index >= 15 is 0 Å². The Balaban J connectivity index is 1.99. The van der Waals surface area contributed by atoms with Crippen molar-refractivity contribution >= 4 is 24.1 Å². The summed E-state index contributed by atoms with van der Waals surface area (Å²) in [6, 6.07) is 11.7. The Morgan fingerprint density at radius 3 is 2.32 bits per heavy atom. The molecule has 0 saturated heterocycles. The highest BCUT2D eigenvalue weighted by Crippen LogP contribution is 2.12. The third kappa shape index (κ3) is 4.63. The first kappa shape index (κ1) is 15.6. The Morgan fingerprint density at radius 1 is 1.14 bits per heavy atom. The number of amides is 1. The quantitative estimate of drug-likeness (QED) is 0.890. The van der Waals surface area contributed by atoms with E-state index in [1.54, 1.807) is 0 Å². The fourth-order valence-corrected chi connectivity index (χ4v) is 1.88. The molecular weight excluding hydrogens is 278 g/mol. The van der Waals surface area contributed by atoms with E-state index in [1.807, 2.05) is 73.7 Å². The van der Waals surface area contributed by atoms with Gasteiger partial charge in [0.15, 0.2) is 0 Å². The van der Waals surface area contributed by atoms with Gasteiger partial charge in [0.1, 0.15) is 5.82 Å². The van der Waals surface area contributed by atoms with Crippen LogP contribution in [0.25, 0.3) is 12.2 Å². The van der Waals surface area contributed by atoms with Crippen molar-refractivity contribution in [2.24, 2.45) is 0 Å². The van der Waals surface area contributed by atoms with Gasteiger partial charge in [0.05, 0.1) is 0 Å². The van der Waals surface area contributed by atoms with Crippen molar-refractivity contribution in [3.8, 4) is 0 Å². The summed E-state index contributed by atoms with van der Waals surface area (Å²) in [5, 5.41) is 10.9. The van der Waals surface area contributed by atoms with Crippen molar-refractivity contribution in [2.45, 2.75) is 6.54 Å². The molecule has 114 valence electrons. The molecule has 0 aliphatic heterocycles. The van der Waals surface area contributed by atoms with E-state index in [2.05, 4.69) is 10.3 Å². The summed E-state index contributed by atoms with van der Waals surface area (Å²) >= 11 is 0.